The van der Waals surface area contributed by atoms with Crippen molar-refractivity contribution < 1.29 is 23.9 Å². The van der Waals surface area contributed by atoms with Crippen molar-refractivity contribution in [3.05, 3.63) is 29.1 Å². The van der Waals surface area contributed by atoms with Gasteiger partial charge in [0.15, 0.2) is 6.23 Å². The SMILES string of the molecule is CN1CCN(CC2CCN(c3cc4c(cc3F)C(=O)N(C3CCC(=O)NC3=O)C4O)CC2)CC1. The summed E-state index contributed by atoms with van der Waals surface area (Å²) in [7, 11) is 2.15. The van der Waals surface area contributed by atoms with Crippen molar-refractivity contribution in [2.45, 2.75) is 38.0 Å². The normalized spacial score (nSPS) is 27.3. The van der Waals surface area contributed by atoms with Crippen LogP contribution in [0.1, 0.15) is 47.8 Å². The third kappa shape index (κ3) is 4.30. The molecule has 4 aliphatic heterocycles. The van der Waals surface area contributed by atoms with Crippen molar-refractivity contribution in [2.24, 2.45) is 5.92 Å². The van der Waals surface area contributed by atoms with Crippen molar-refractivity contribution in [3.8, 4) is 0 Å². The molecule has 184 valence electrons. The Bertz CT molecular complexity index is 988. The van der Waals surface area contributed by atoms with Gasteiger partial charge in [0, 0.05) is 57.8 Å². The summed E-state index contributed by atoms with van der Waals surface area (Å²) < 4.78 is 15.1. The Morgan fingerprint density at radius 1 is 1.03 bits per heavy atom. The fraction of sp³-hybridized carbons (Fsp3) is 0.625. The number of carbonyl (C=O) groups is 3. The molecule has 0 radical (unpaired) electrons. The maximum absolute atomic E-state index is 15.1. The average molecular weight is 474 g/mol. The Hall–Kier alpha value is -2.56. The van der Waals surface area contributed by atoms with Gasteiger partial charge in [-0.1, -0.05) is 0 Å². The number of aliphatic hydroxyl groups excluding tert-OH is 1. The minimum Gasteiger partial charge on any atom is -0.369 e. The fourth-order valence-electron chi connectivity index (χ4n) is 5.63. The number of hydrogen-bond donors (Lipinski definition) is 2. The lowest BCUT2D eigenvalue weighted by Gasteiger charge is -2.38. The molecule has 3 saturated heterocycles. The van der Waals surface area contributed by atoms with Crippen LogP contribution in [0.4, 0.5) is 10.1 Å². The molecule has 3 amide bonds. The molecule has 5 rings (SSSR count). The van der Waals surface area contributed by atoms with Gasteiger partial charge in [0.05, 0.1) is 11.3 Å². The van der Waals surface area contributed by atoms with E-state index in [2.05, 4.69) is 22.2 Å². The van der Waals surface area contributed by atoms with E-state index in [1.165, 1.54) is 6.07 Å². The molecule has 0 spiro atoms. The van der Waals surface area contributed by atoms with Gasteiger partial charge in [-0.05, 0) is 44.4 Å². The van der Waals surface area contributed by atoms with Crippen LogP contribution in [0, 0.1) is 11.7 Å². The Labute approximate surface area is 198 Å². The molecular weight excluding hydrogens is 441 g/mol. The third-order valence-electron chi connectivity index (χ3n) is 7.74. The van der Waals surface area contributed by atoms with Crippen LogP contribution in [0.15, 0.2) is 12.1 Å². The molecule has 1 aromatic carbocycles. The second-order valence-corrected chi connectivity index (χ2v) is 9.98. The number of hydrogen-bond acceptors (Lipinski definition) is 7. The highest BCUT2D eigenvalue weighted by Crippen LogP contribution is 2.39. The lowest BCUT2D eigenvalue weighted by molar-refractivity contribution is -0.139. The Morgan fingerprint density at radius 2 is 1.74 bits per heavy atom. The van der Waals surface area contributed by atoms with Gasteiger partial charge < -0.3 is 19.8 Å². The largest absolute Gasteiger partial charge is 0.369 e. The molecule has 2 unspecified atom stereocenters. The molecule has 34 heavy (non-hydrogen) atoms. The first-order valence-electron chi connectivity index (χ1n) is 12.2. The maximum atomic E-state index is 15.1. The number of benzene rings is 1. The maximum Gasteiger partial charge on any atom is 0.257 e. The number of aliphatic hydroxyl groups is 1. The van der Waals surface area contributed by atoms with Gasteiger partial charge in [0.25, 0.3) is 5.91 Å². The zero-order chi connectivity index (χ0) is 24.0. The summed E-state index contributed by atoms with van der Waals surface area (Å²) in [6.07, 6.45) is 0.809. The summed E-state index contributed by atoms with van der Waals surface area (Å²) in [6, 6.07) is 1.78. The topological polar surface area (TPSA) is 96.4 Å². The van der Waals surface area contributed by atoms with Gasteiger partial charge in [-0.15, -0.1) is 0 Å². The number of rotatable bonds is 4. The molecule has 9 nitrogen and oxygen atoms in total. The van der Waals surface area contributed by atoms with E-state index >= 15 is 4.39 Å². The minimum atomic E-state index is -1.35. The van der Waals surface area contributed by atoms with Gasteiger partial charge >= 0.3 is 0 Å². The lowest BCUT2D eigenvalue weighted by atomic mass is 9.95. The van der Waals surface area contributed by atoms with Gasteiger partial charge in [-0.2, -0.15) is 0 Å². The smallest absolute Gasteiger partial charge is 0.257 e. The van der Waals surface area contributed by atoms with Crippen molar-refractivity contribution >= 4 is 23.4 Å². The van der Waals surface area contributed by atoms with Crippen LogP contribution in [0.3, 0.4) is 0 Å². The Kier molecular flexibility index (Phi) is 6.30. The monoisotopic (exact) mass is 473 g/mol. The molecule has 0 bridgehead atoms. The standard InChI is InChI=1S/C24H32FN5O4/c1-27-8-10-28(11-9-27)14-15-4-6-29(7-5-15)20-13-17-16(12-18(20)25)23(33)30(24(17)34)19-2-3-21(31)26-22(19)32/h12-13,15,19,24,34H,2-11,14H2,1H3,(H,26,31,32). The van der Waals surface area contributed by atoms with Gasteiger partial charge in [0.2, 0.25) is 11.8 Å². The van der Waals surface area contributed by atoms with E-state index in [0.717, 1.165) is 63.6 Å². The summed E-state index contributed by atoms with van der Waals surface area (Å²) in [5, 5.41) is 13.1. The Balaban J connectivity index is 1.26. The Morgan fingerprint density at radius 3 is 2.41 bits per heavy atom. The quantitative estimate of drug-likeness (QED) is 0.617. The van der Waals surface area contributed by atoms with Crippen LogP contribution >= 0.6 is 0 Å². The summed E-state index contributed by atoms with van der Waals surface area (Å²) in [5.41, 5.74) is 0.767. The van der Waals surface area contributed by atoms with E-state index < -0.39 is 35.8 Å². The molecule has 2 N–H and O–H groups in total. The number of likely N-dealkylation sites (N-methyl/N-ethyl adjacent to an activating group) is 1. The van der Waals surface area contributed by atoms with Crippen LogP contribution in [-0.4, -0.2) is 96.4 Å². The van der Waals surface area contributed by atoms with Crippen LogP contribution in [0.5, 0.6) is 0 Å². The molecule has 1 aromatic rings. The number of nitrogens with one attached hydrogen (secondary N) is 1. The van der Waals surface area contributed by atoms with Crippen molar-refractivity contribution in [3.63, 3.8) is 0 Å². The summed E-state index contributed by atoms with van der Waals surface area (Å²) in [4.78, 5) is 44.6. The summed E-state index contributed by atoms with van der Waals surface area (Å²) in [6.45, 7) is 6.87. The van der Waals surface area contributed by atoms with Crippen LogP contribution in [0.25, 0.3) is 0 Å². The number of piperidine rings is 2. The van der Waals surface area contributed by atoms with Gasteiger partial charge in [-0.25, -0.2) is 4.39 Å². The lowest BCUT2D eigenvalue weighted by Crippen LogP contribution is -2.53. The molecule has 3 fully saturated rings. The van der Waals surface area contributed by atoms with E-state index in [4.69, 9.17) is 0 Å². The highest BCUT2D eigenvalue weighted by Gasteiger charge is 2.45. The zero-order valence-corrected chi connectivity index (χ0v) is 19.5. The number of nitrogens with zero attached hydrogens (tertiary/aromatic N) is 4. The number of halogens is 1. The summed E-state index contributed by atoms with van der Waals surface area (Å²) >= 11 is 0. The number of imide groups is 1. The molecular formula is C24H32FN5O4. The second kappa shape index (κ2) is 9.24. The highest BCUT2D eigenvalue weighted by molar-refractivity contribution is 6.05. The van der Waals surface area contributed by atoms with Crippen LogP contribution in [0.2, 0.25) is 0 Å². The zero-order valence-electron chi connectivity index (χ0n) is 19.5. The number of carbonyl (C=O) groups excluding carboxylic acids is 3. The van der Waals surface area contributed by atoms with E-state index in [0.29, 0.717) is 17.2 Å². The van der Waals surface area contributed by atoms with Crippen molar-refractivity contribution in [1.29, 1.82) is 0 Å². The molecule has 4 heterocycles. The second-order valence-electron chi connectivity index (χ2n) is 9.98. The molecule has 4 aliphatic rings. The molecule has 0 aromatic heterocycles. The highest BCUT2D eigenvalue weighted by atomic mass is 19.1. The van der Waals surface area contributed by atoms with Crippen LogP contribution in [-0.2, 0) is 9.59 Å². The van der Waals surface area contributed by atoms with E-state index in [1.54, 1.807) is 6.07 Å². The number of fused-ring (bicyclic) bond motifs is 1. The first kappa shape index (κ1) is 23.2. The first-order chi connectivity index (χ1) is 16.3. The summed E-state index contributed by atoms with van der Waals surface area (Å²) in [5.74, 6) is -1.52. The third-order valence-corrected chi connectivity index (χ3v) is 7.74. The van der Waals surface area contributed by atoms with E-state index in [-0.39, 0.29) is 18.4 Å². The van der Waals surface area contributed by atoms with Crippen LogP contribution < -0.4 is 10.2 Å². The van der Waals surface area contributed by atoms with E-state index in [9.17, 15) is 19.5 Å². The fourth-order valence-corrected chi connectivity index (χ4v) is 5.63. The average Bonchev–Trinajstić information content (AvgIpc) is 3.05. The van der Waals surface area contributed by atoms with E-state index in [1.807, 2.05) is 4.90 Å². The molecule has 2 atom stereocenters. The molecule has 0 saturated carbocycles. The number of piperazine rings is 1. The predicted molar refractivity (Wildman–Crippen MR) is 123 cm³/mol. The minimum absolute atomic E-state index is 0.0726. The molecule has 0 aliphatic carbocycles. The van der Waals surface area contributed by atoms with Gasteiger partial charge in [-0.3, -0.25) is 24.6 Å². The van der Waals surface area contributed by atoms with Crippen molar-refractivity contribution in [1.82, 2.24) is 20.0 Å². The van der Waals surface area contributed by atoms with Crippen molar-refractivity contribution in [2.75, 3.05) is 57.8 Å². The van der Waals surface area contributed by atoms with Gasteiger partial charge in [0.1, 0.15) is 11.9 Å². The predicted octanol–water partition coefficient (Wildman–Crippen LogP) is 0.541. The number of amides is 3. The first-order valence-corrected chi connectivity index (χ1v) is 12.2. The number of anilines is 1. The molecule has 10 heteroatoms.